The maximum absolute atomic E-state index is 12.9. The van der Waals surface area contributed by atoms with E-state index in [1.807, 2.05) is 0 Å². The van der Waals surface area contributed by atoms with E-state index in [1.54, 1.807) is 11.8 Å². The van der Waals surface area contributed by atoms with Crippen molar-refractivity contribution in [3.63, 3.8) is 0 Å². The van der Waals surface area contributed by atoms with Gasteiger partial charge in [0.25, 0.3) is 5.91 Å². The molecule has 1 aliphatic heterocycles. The number of nitrogens with zero attached hydrogens (tertiary/aromatic N) is 3. The largest absolute Gasteiger partial charge is 0.416 e. The zero-order valence-electron chi connectivity index (χ0n) is 13.1. The Kier molecular flexibility index (Phi) is 4.31. The van der Waals surface area contributed by atoms with E-state index in [0.717, 1.165) is 25.2 Å². The second kappa shape index (κ2) is 6.27. The number of alkyl halides is 3. The first-order valence-corrected chi connectivity index (χ1v) is 7.60. The van der Waals surface area contributed by atoms with Crippen LogP contribution >= 0.6 is 0 Å². The number of carbonyl (C=O) groups is 1. The monoisotopic (exact) mass is 338 g/mol. The average molecular weight is 338 g/mol. The fraction of sp³-hybridized carbons (Fsp3) is 0.375. The van der Waals surface area contributed by atoms with Crippen molar-refractivity contribution in [1.29, 1.82) is 0 Å². The van der Waals surface area contributed by atoms with Gasteiger partial charge in [-0.05, 0) is 25.1 Å². The van der Waals surface area contributed by atoms with Crippen molar-refractivity contribution in [2.75, 3.05) is 26.2 Å². The molecule has 128 valence electrons. The van der Waals surface area contributed by atoms with Crippen LogP contribution in [0.25, 0.3) is 5.69 Å². The van der Waals surface area contributed by atoms with Crippen molar-refractivity contribution in [3.05, 3.63) is 47.3 Å². The first-order chi connectivity index (χ1) is 11.4. The molecule has 0 saturated carbocycles. The zero-order chi connectivity index (χ0) is 17.3. The van der Waals surface area contributed by atoms with Gasteiger partial charge in [-0.3, -0.25) is 4.79 Å². The van der Waals surface area contributed by atoms with Crippen molar-refractivity contribution in [3.8, 4) is 5.69 Å². The van der Waals surface area contributed by atoms with E-state index >= 15 is 0 Å². The number of hydrogen-bond acceptors (Lipinski definition) is 3. The lowest BCUT2D eigenvalue weighted by Gasteiger charge is -2.27. The summed E-state index contributed by atoms with van der Waals surface area (Å²) < 4.78 is 40.0. The fourth-order valence-electron chi connectivity index (χ4n) is 2.73. The van der Waals surface area contributed by atoms with Crippen molar-refractivity contribution >= 4 is 5.91 Å². The van der Waals surface area contributed by atoms with Crippen LogP contribution in [0.4, 0.5) is 13.2 Å². The lowest BCUT2D eigenvalue weighted by Crippen LogP contribution is -2.46. The second-order valence-electron chi connectivity index (χ2n) is 5.65. The van der Waals surface area contributed by atoms with Gasteiger partial charge in [0.2, 0.25) is 0 Å². The summed E-state index contributed by atoms with van der Waals surface area (Å²) in [7, 11) is 0. The van der Waals surface area contributed by atoms with E-state index in [0.29, 0.717) is 24.3 Å². The highest BCUT2D eigenvalue weighted by atomic mass is 19.4. The highest BCUT2D eigenvalue weighted by molar-refractivity contribution is 5.95. The number of rotatable bonds is 2. The van der Waals surface area contributed by atoms with E-state index in [-0.39, 0.29) is 11.6 Å². The molecule has 8 heteroatoms. The summed E-state index contributed by atoms with van der Waals surface area (Å²) in [4.78, 5) is 14.3. The van der Waals surface area contributed by atoms with Crippen LogP contribution in [0.5, 0.6) is 0 Å². The van der Waals surface area contributed by atoms with Crippen molar-refractivity contribution in [2.45, 2.75) is 13.1 Å². The molecule has 0 spiro atoms. The minimum Gasteiger partial charge on any atom is -0.336 e. The summed E-state index contributed by atoms with van der Waals surface area (Å²) >= 11 is 0. The predicted octanol–water partition coefficient (Wildman–Crippen LogP) is 2.24. The molecule has 1 fully saturated rings. The van der Waals surface area contributed by atoms with Crippen LogP contribution in [0.15, 0.2) is 30.5 Å². The molecule has 3 rings (SSSR count). The van der Waals surface area contributed by atoms with Gasteiger partial charge in [0, 0.05) is 26.2 Å². The molecule has 2 heterocycles. The molecule has 0 unspecified atom stereocenters. The molecule has 0 bridgehead atoms. The van der Waals surface area contributed by atoms with E-state index < -0.39 is 11.7 Å². The molecule has 2 aromatic rings. The first kappa shape index (κ1) is 16.5. The third kappa shape index (κ3) is 3.14. The standard InChI is InChI=1S/C16H17F3N4O/c1-11-14(15(24)22-7-5-20-6-8-22)10-21-23(11)13-4-2-3-12(9-13)16(17,18)19/h2-4,9-10,20H,5-8H2,1H3. The smallest absolute Gasteiger partial charge is 0.336 e. The van der Waals surface area contributed by atoms with Crippen LogP contribution in [-0.2, 0) is 6.18 Å². The minimum atomic E-state index is -4.42. The normalized spacial score (nSPS) is 15.6. The number of piperazine rings is 1. The maximum Gasteiger partial charge on any atom is 0.416 e. The Morgan fingerprint density at radius 1 is 1.25 bits per heavy atom. The van der Waals surface area contributed by atoms with Gasteiger partial charge in [-0.2, -0.15) is 18.3 Å². The molecular weight excluding hydrogens is 321 g/mol. The topological polar surface area (TPSA) is 50.2 Å². The summed E-state index contributed by atoms with van der Waals surface area (Å²) in [6.07, 6.45) is -3.00. The van der Waals surface area contributed by atoms with Gasteiger partial charge in [0.05, 0.1) is 28.7 Å². The number of nitrogens with one attached hydrogen (secondary N) is 1. The number of halogens is 3. The number of benzene rings is 1. The van der Waals surface area contributed by atoms with Crippen LogP contribution < -0.4 is 5.32 Å². The Hall–Kier alpha value is -2.35. The summed E-state index contributed by atoms with van der Waals surface area (Å²) in [5.74, 6) is -0.146. The van der Waals surface area contributed by atoms with Crippen molar-refractivity contribution in [2.24, 2.45) is 0 Å². The van der Waals surface area contributed by atoms with Gasteiger partial charge in [0.1, 0.15) is 0 Å². The lowest BCUT2D eigenvalue weighted by atomic mass is 10.2. The number of carbonyl (C=O) groups excluding carboxylic acids is 1. The Morgan fingerprint density at radius 3 is 2.62 bits per heavy atom. The summed E-state index contributed by atoms with van der Waals surface area (Å²) in [5, 5.41) is 7.28. The van der Waals surface area contributed by atoms with Gasteiger partial charge in [0.15, 0.2) is 0 Å². The molecule has 1 aliphatic rings. The van der Waals surface area contributed by atoms with E-state index in [9.17, 15) is 18.0 Å². The van der Waals surface area contributed by atoms with Crippen LogP contribution in [-0.4, -0.2) is 46.8 Å². The molecule has 1 aromatic carbocycles. The molecule has 24 heavy (non-hydrogen) atoms. The minimum absolute atomic E-state index is 0.146. The quantitative estimate of drug-likeness (QED) is 0.914. The van der Waals surface area contributed by atoms with E-state index in [1.165, 1.54) is 23.0 Å². The molecule has 1 N–H and O–H groups in total. The van der Waals surface area contributed by atoms with Crippen LogP contribution in [0.3, 0.4) is 0 Å². The van der Waals surface area contributed by atoms with Gasteiger partial charge in [-0.15, -0.1) is 0 Å². The Bertz CT molecular complexity index is 748. The molecule has 0 aliphatic carbocycles. The summed E-state index contributed by atoms with van der Waals surface area (Å²) in [6.45, 7) is 4.35. The summed E-state index contributed by atoms with van der Waals surface area (Å²) in [5.41, 5.74) is 0.471. The Labute approximate surface area is 137 Å². The fourth-order valence-corrected chi connectivity index (χ4v) is 2.73. The SMILES string of the molecule is Cc1c(C(=O)N2CCNCC2)cnn1-c1cccc(C(F)(F)F)c1. The maximum atomic E-state index is 12.9. The van der Waals surface area contributed by atoms with Crippen LogP contribution in [0.2, 0.25) is 0 Å². The molecule has 1 aromatic heterocycles. The zero-order valence-corrected chi connectivity index (χ0v) is 13.1. The molecule has 1 amide bonds. The van der Waals surface area contributed by atoms with Gasteiger partial charge < -0.3 is 10.2 Å². The Balaban J connectivity index is 1.91. The average Bonchev–Trinajstić information content (AvgIpc) is 2.96. The van der Waals surface area contributed by atoms with Gasteiger partial charge in [-0.25, -0.2) is 4.68 Å². The van der Waals surface area contributed by atoms with Crippen molar-refractivity contribution in [1.82, 2.24) is 20.0 Å². The highest BCUT2D eigenvalue weighted by Crippen LogP contribution is 2.30. The first-order valence-electron chi connectivity index (χ1n) is 7.60. The summed E-state index contributed by atoms with van der Waals surface area (Å²) in [6, 6.07) is 4.90. The van der Waals surface area contributed by atoms with Gasteiger partial charge >= 0.3 is 6.18 Å². The number of aromatic nitrogens is 2. The predicted molar refractivity (Wildman–Crippen MR) is 82.1 cm³/mol. The highest BCUT2D eigenvalue weighted by Gasteiger charge is 2.31. The van der Waals surface area contributed by atoms with Gasteiger partial charge in [-0.1, -0.05) is 6.07 Å². The van der Waals surface area contributed by atoms with E-state index in [4.69, 9.17) is 0 Å². The van der Waals surface area contributed by atoms with Crippen LogP contribution in [0, 0.1) is 6.92 Å². The number of hydrogen-bond donors (Lipinski definition) is 1. The number of amides is 1. The van der Waals surface area contributed by atoms with Crippen molar-refractivity contribution < 1.29 is 18.0 Å². The van der Waals surface area contributed by atoms with E-state index in [2.05, 4.69) is 10.4 Å². The molecular formula is C16H17F3N4O. The Morgan fingerprint density at radius 2 is 1.96 bits per heavy atom. The third-order valence-electron chi connectivity index (χ3n) is 4.06. The second-order valence-corrected chi connectivity index (χ2v) is 5.65. The molecule has 1 saturated heterocycles. The van der Waals surface area contributed by atoms with Crippen LogP contribution in [0.1, 0.15) is 21.6 Å². The third-order valence-corrected chi connectivity index (χ3v) is 4.06. The molecule has 0 atom stereocenters. The molecule has 5 nitrogen and oxygen atoms in total. The molecule has 0 radical (unpaired) electrons. The lowest BCUT2D eigenvalue weighted by molar-refractivity contribution is -0.137.